The Balaban J connectivity index is 1.69. The van der Waals surface area contributed by atoms with Crippen molar-refractivity contribution in [2.75, 3.05) is 11.9 Å². The monoisotopic (exact) mass is 355 g/mol. The molecule has 26 heavy (non-hydrogen) atoms. The van der Waals surface area contributed by atoms with Crippen molar-refractivity contribution in [3.63, 3.8) is 0 Å². The summed E-state index contributed by atoms with van der Waals surface area (Å²) in [5.41, 5.74) is 7.72. The highest BCUT2D eigenvalue weighted by Crippen LogP contribution is 2.24. The molecule has 1 fully saturated rings. The Morgan fingerprint density at radius 1 is 1.19 bits per heavy atom. The van der Waals surface area contributed by atoms with Gasteiger partial charge in [-0.3, -0.25) is 14.5 Å². The zero-order valence-corrected chi connectivity index (χ0v) is 14.5. The Kier molecular flexibility index (Phi) is 5.63. The summed E-state index contributed by atoms with van der Waals surface area (Å²) in [7, 11) is 0. The first-order valence-corrected chi connectivity index (χ1v) is 8.68. The molecule has 0 unspecified atom stereocenters. The number of nitrogens with one attached hydrogen (secondary N) is 1. The van der Waals surface area contributed by atoms with Crippen molar-refractivity contribution in [3.05, 3.63) is 65.5 Å². The van der Waals surface area contributed by atoms with E-state index in [1.54, 1.807) is 12.1 Å². The standard InChI is InChI=1S/C20H22FN3O2/c21-16-7-3-5-14(11-16)12-19(25)23-17-8-2-1-6-15(17)13-24-10-4-9-18(24)20(22)26/h1-3,5-8,11,18H,4,9-10,12-13H2,(H2,22,26)(H,23,25)/t18-/m0/s1. The molecule has 1 aliphatic heterocycles. The number of anilines is 1. The number of hydrogen-bond acceptors (Lipinski definition) is 3. The fourth-order valence-electron chi connectivity index (χ4n) is 3.36. The molecule has 1 aliphatic rings. The second-order valence-electron chi connectivity index (χ2n) is 6.54. The van der Waals surface area contributed by atoms with Crippen molar-refractivity contribution >= 4 is 17.5 Å². The molecule has 1 saturated heterocycles. The Morgan fingerprint density at radius 2 is 2.00 bits per heavy atom. The van der Waals surface area contributed by atoms with Crippen LogP contribution in [0.3, 0.4) is 0 Å². The van der Waals surface area contributed by atoms with Crippen molar-refractivity contribution < 1.29 is 14.0 Å². The molecule has 136 valence electrons. The summed E-state index contributed by atoms with van der Waals surface area (Å²) >= 11 is 0. The first-order chi connectivity index (χ1) is 12.5. The van der Waals surface area contributed by atoms with Gasteiger partial charge >= 0.3 is 0 Å². The lowest BCUT2D eigenvalue weighted by Crippen LogP contribution is -2.39. The lowest BCUT2D eigenvalue weighted by atomic mass is 10.1. The summed E-state index contributed by atoms with van der Waals surface area (Å²) in [5.74, 6) is -0.881. The van der Waals surface area contributed by atoms with Crippen LogP contribution >= 0.6 is 0 Å². The quantitative estimate of drug-likeness (QED) is 0.836. The molecule has 6 heteroatoms. The molecule has 2 aromatic rings. The minimum absolute atomic E-state index is 0.0969. The smallest absolute Gasteiger partial charge is 0.234 e. The Labute approximate surface area is 152 Å². The van der Waals surface area contributed by atoms with Crippen molar-refractivity contribution in [2.24, 2.45) is 5.73 Å². The number of para-hydroxylation sites is 1. The molecule has 0 saturated carbocycles. The molecule has 5 nitrogen and oxygen atoms in total. The lowest BCUT2D eigenvalue weighted by molar-refractivity contribution is -0.122. The number of amides is 2. The van der Waals surface area contributed by atoms with E-state index in [-0.39, 0.29) is 30.1 Å². The third-order valence-electron chi connectivity index (χ3n) is 4.61. The van der Waals surface area contributed by atoms with Crippen LogP contribution < -0.4 is 11.1 Å². The summed E-state index contributed by atoms with van der Waals surface area (Å²) in [6.45, 7) is 1.35. The highest BCUT2D eigenvalue weighted by atomic mass is 19.1. The number of nitrogens with two attached hydrogens (primary N) is 1. The van der Waals surface area contributed by atoms with Crippen LogP contribution in [-0.2, 0) is 22.6 Å². The van der Waals surface area contributed by atoms with Crippen molar-refractivity contribution in [3.8, 4) is 0 Å². The van der Waals surface area contributed by atoms with Gasteiger partial charge in [0.15, 0.2) is 0 Å². The summed E-state index contributed by atoms with van der Waals surface area (Å²) in [4.78, 5) is 26.0. The van der Waals surface area contributed by atoms with E-state index in [2.05, 4.69) is 5.32 Å². The normalized spacial score (nSPS) is 17.2. The average Bonchev–Trinajstić information content (AvgIpc) is 3.05. The third-order valence-corrected chi connectivity index (χ3v) is 4.61. The van der Waals surface area contributed by atoms with Gasteiger partial charge in [-0.2, -0.15) is 0 Å². The second kappa shape index (κ2) is 8.10. The zero-order valence-electron chi connectivity index (χ0n) is 14.5. The number of likely N-dealkylation sites (tertiary alicyclic amines) is 1. The molecule has 1 heterocycles. The number of halogens is 1. The Hall–Kier alpha value is -2.73. The van der Waals surface area contributed by atoms with Crippen LogP contribution in [0.15, 0.2) is 48.5 Å². The van der Waals surface area contributed by atoms with Gasteiger partial charge in [-0.1, -0.05) is 30.3 Å². The third kappa shape index (κ3) is 4.46. The first kappa shape index (κ1) is 18.1. The van der Waals surface area contributed by atoms with E-state index < -0.39 is 0 Å². The van der Waals surface area contributed by atoms with Gasteiger partial charge in [0, 0.05) is 12.2 Å². The minimum atomic E-state index is -0.359. The maximum atomic E-state index is 13.3. The number of rotatable bonds is 6. The molecule has 3 rings (SSSR count). The molecule has 2 amide bonds. The number of carbonyl (C=O) groups excluding carboxylic acids is 2. The van der Waals surface area contributed by atoms with Gasteiger partial charge in [0.2, 0.25) is 11.8 Å². The van der Waals surface area contributed by atoms with Gasteiger partial charge in [-0.15, -0.1) is 0 Å². The summed E-state index contributed by atoms with van der Waals surface area (Å²) in [5, 5.41) is 2.89. The Morgan fingerprint density at radius 3 is 2.77 bits per heavy atom. The van der Waals surface area contributed by atoms with Crippen LogP contribution in [0.1, 0.15) is 24.0 Å². The maximum Gasteiger partial charge on any atom is 0.234 e. The molecule has 0 radical (unpaired) electrons. The molecule has 0 aromatic heterocycles. The van der Waals surface area contributed by atoms with Gasteiger partial charge in [-0.25, -0.2) is 4.39 Å². The molecular formula is C20H22FN3O2. The van der Waals surface area contributed by atoms with E-state index in [0.717, 1.165) is 24.9 Å². The van der Waals surface area contributed by atoms with Gasteiger partial charge in [0.05, 0.1) is 12.5 Å². The zero-order chi connectivity index (χ0) is 18.5. The largest absolute Gasteiger partial charge is 0.368 e. The van der Waals surface area contributed by atoms with Crippen molar-refractivity contribution in [1.82, 2.24) is 4.90 Å². The van der Waals surface area contributed by atoms with Crippen LogP contribution in [-0.4, -0.2) is 29.3 Å². The Bertz CT molecular complexity index is 809. The highest BCUT2D eigenvalue weighted by molar-refractivity contribution is 5.93. The SMILES string of the molecule is NC(=O)[C@@H]1CCCN1Cc1ccccc1NC(=O)Cc1cccc(F)c1. The number of hydrogen-bond donors (Lipinski definition) is 2. The second-order valence-corrected chi connectivity index (χ2v) is 6.54. The summed E-state index contributed by atoms with van der Waals surface area (Å²) in [6, 6.07) is 13.2. The number of carbonyl (C=O) groups is 2. The van der Waals surface area contributed by atoms with E-state index >= 15 is 0 Å². The average molecular weight is 355 g/mol. The molecule has 0 aliphatic carbocycles. The summed E-state index contributed by atoms with van der Waals surface area (Å²) < 4.78 is 13.3. The fourth-order valence-corrected chi connectivity index (χ4v) is 3.36. The molecule has 0 bridgehead atoms. The molecular weight excluding hydrogens is 333 g/mol. The molecule has 1 atom stereocenters. The van der Waals surface area contributed by atoms with Crippen molar-refractivity contribution in [1.29, 1.82) is 0 Å². The number of primary amides is 1. The van der Waals surface area contributed by atoms with Gasteiger partial charge in [-0.05, 0) is 48.7 Å². The number of nitrogens with zero attached hydrogens (tertiary/aromatic N) is 1. The van der Waals surface area contributed by atoms with Crippen LogP contribution in [0.25, 0.3) is 0 Å². The lowest BCUT2D eigenvalue weighted by Gasteiger charge is -2.23. The molecule has 3 N–H and O–H groups in total. The fraction of sp³-hybridized carbons (Fsp3) is 0.300. The molecule has 2 aromatic carbocycles. The predicted octanol–water partition coefficient (Wildman–Crippen LogP) is 2.46. The predicted molar refractivity (Wildman–Crippen MR) is 97.8 cm³/mol. The highest BCUT2D eigenvalue weighted by Gasteiger charge is 2.29. The van der Waals surface area contributed by atoms with E-state index in [4.69, 9.17) is 5.73 Å². The van der Waals surface area contributed by atoms with Gasteiger partial charge in [0.1, 0.15) is 5.82 Å². The van der Waals surface area contributed by atoms with Gasteiger partial charge < -0.3 is 11.1 Å². The number of benzene rings is 2. The molecule has 0 spiro atoms. The van der Waals surface area contributed by atoms with Crippen LogP contribution in [0.4, 0.5) is 10.1 Å². The topological polar surface area (TPSA) is 75.4 Å². The van der Waals surface area contributed by atoms with E-state index in [1.165, 1.54) is 12.1 Å². The van der Waals surface area contributed by atoms with Crippen LogP contribution in [0, 0.1) is 5.82 Å². The van der Waals surface area contributed by atoms with E-state index in [1.807, 2.05) is 29.2 Å². The summed E-state index contributed by atoms with van der Waals surface area (Å²) in [6.07, 6.45) is 1.80. The maximum absolute atomic E-state index is 13.3. The van der Waals surface area contributed by atoms with Gasteiger partial charge in [0.25, 0.3) is 0 Å². The van der Waals surface area contributed by atoms with Crippen LogP contribution in [0.5, 0.6) is 0 Å². The van der Waals surface area contributed by atoms with Crippen LogP contribution in [0.2, 0.25) is 0 Å². The van der Waals surface area contributed by atoms with E-state index in [0.29, 0.717) is 17.8 Å². The van der Waals surface area contributed by atoms with Crippen molar-refractivity contribution in [2.45, 2.75) is 31.8 Å². The van der Waals surface area contributed by atoms with E-state index in [9.17, 15) is 14.0 Å². The minimum Gasteiger partial charge on any atom is -0.368 e. The first-order valence-electron chi connectivity index (χ1n) is 8.68.